The smallest absolute Gasteiger partial charge is 0.160 e. The van der Waals surface area contributed by atoms with E-state index in [0.29, 0.717) is 5.82 Å². The lowest BCUT2D eigenvalue weighted by atomic mass is 9.88. The van der Waals surface area contributed by atoms with Gasteiger partial charge < -0.3 is 0 Å². The van der Waals surface area contributed by atoms with Crippen LogP contribution >= 0.6 is 0 Å². The van der Waals surface area contributed by atoms with E-state index in [0.717, 1.165) is 94.0 Å². The predicted octanol–water partition coefficient (Wildman–Crippen LogP) is 19.6. The lowest BCUT2D eigenvalue weighted by molar-refractivity contribution is 1.23. The van der Waals surface area contributed by atoms with Crippen LogP contribution < -0.4 is 0 Å². The third kappa shape index (κ3) is 7.01. The van der Waals surface area contributed by atoms with E-state index < -0.39 is 0 Å². The molecule has 78 heavy (non-hydrogen) atoms. The van der Waals surface area contributed by atoms with Gasteiger partial charge >= 0.3 is 0 Å². The molecule has 16 rings (SSSR count). The Kier molecular flexibility index (Phi) is 9.91. The summed E-state index contributed by atoms with van der Waals surface area (Å²) >= 11 is 0. The van der Waals surface area contributed by atoms with Gasteiger partial charge in [-0.15, -0.1) is 0 Å². The van der Waals surface area contributed by atoms with E-state index in [4.69, 9.17) is 19.9 Å². The van der Waals surface area contributed by atoms with Crippen LogP contribution in [0.1, 0.15) is 0 Å². The summed E-state index contributed by atoms with van der Waals surface area (Å²) in [4.78, 5) is 21.1. The molecule has 3 heterocycles. The lowest BCUT2D eigenvalue weighted by Gasteiger charge is -2.17. The minimum Gasteiger partial charge on any atom is -0.256 e. The van der Waals surface area contributed by atoms with Crippen LogP contribution in [0.25, 0.3) is 164 Å². The predicted molar refractivity (Wildman–Crippen MR) is 328 cm³/mol. The van der Waals surface area contributed by atoms with Gasteiger partial charge in [-0.05, 0) is 128 Å². The molecule has 0 N–H and O–H groups in total. The van der Waals surface area contributed by atoms with Gasteiger partial charge in [0.1, 0.15) is 0 Å². The monoisotopic (exact) mass is 988 g/mol. The molecule has 4 nitrogen and oxygen atoms in total. The van der Waals surface area contributed by atoms with Gasteiger partial charge in [0.05, 0.1) is 22.6 Å². The first-order valence-corrected chi connectivity index (χ1v) is 26.6. The van der Waals surface area contributed by atoms with Gasteiger partial charge in [0.2, 0.25) is 0 Å². The zero-order valence-electron chi connectivity index (χ0n) is 42.2. The van der Waals surface area contributed by atoms with Crippen LogP contribution in [0.5, 0.6) is 0 Å². The highest BCUT2D eigenvalue weighted by molar-refractivity contribution is 6.27. The zero-order valence-corrected chi connectivity index (χ0v) is 42.2. The highest BCUT2D eigenvalue weighted by atomic mass is 14.9. The van der Waals surface area contributed by atoms with Crippen LogP contribution in [0.2, 0.25) is 0 Å². The first kappa shape index (κ1) is 43.9. The summed E-state index contributed by atoms with van der Waals surface area (Å²) in [5.41, 5.74) is 11.9. The maximum absolute atomic E-state index is 5.67. The first-order valence-electron chi connectivity index (χ1n) is 26.6. The van der Waals surface area contributed by atoms with Crippen LogP contribution in [-0.2, 0) is 0 Å². The van der Waals surface area contributed by atoms with Gasteiger partial charge in [-0.1, -0.05) is 218 Å². The highest BCUT2D eigenvalue weighted by Gasteiger charge is 2.21. The molecule has 360 valence electrons. The Morgan fingerprint density at radius 2 is 0.551 bits per heavy atom. The second kappa shape index (κ2) is 17.6. The Morgan fingerprint density at radius 3 is 1.03 bits per heavy atom. The molecule has 13 aromatic carbocycles. The number of nitrogens with zero attached hydrogens (tertiary/aromatic N) is 4. The van der Waals surface area contributed by atoms with E-state index in [9.17, 15) is 0 Å². The summed E-state index contributed by atoms with van der Waals surface area (Å²) in [5.74, 6) is 0.644. The molecule has 4 heteroatoms. The number of hydrogen-bond acceptors (Lipinski definition) is 4. The average molecular weight is 989 g/mol. The first-order chi connectivity index (χ1) is 38.7. The molecule has 0 fully saturated rings. The van der Waals surface area contributed by atoms with Crippen LogP contribution in [-0.4, -0.2) is 19.9 Å². The Hall–Kier alpha value is -10.4. The van der Waals surface area contributed by atoms with Crippen molar-refractivity contribution in [2.24, 2.45) is 0 Å². The van der Waals surface area contributed by atoms with Gasteiger partial charge in [-0.3, -0.25) is 9.97 Å². The quantitative estimate of drug-likeness (QED) is 0.156. The Labute approximate surface area is 449 Å². The number of benzene rings is 13. The number of aromatic nitrogens is 4. The Balaban J connectivity index is 0.969. The van der Waals surface area contributed by atoms with Crippen molar-refractivity contribution in [3.8, 4) is 67.4 Å². The summed E-state index contributed by atoms with van der Waals surface area (Å²) in [6, 6.07) is 92.2. The number of fused-ring (bicyclic) bond motifs is 15. The van der Waals surface area contributed by atoms with Crippen molar-refractivity contribution < 1.29 is 0 Å². The highest BCUT2D eigenvalue weighted by Crippen LogP contribution is 2.44. The van der Waals surface area contributed by atoms with Crippen molar-refractivity contribution in [2.45, 2.75) is 0 Å². The topological polar surface area (TPSA) is 51.6 Å². The van der Waals surface area contributed by atoms with E-state index in [2.05, 4.69) is 255 Å². The molecular formula is C74H44N4. The third-order valence-corrected chi connectivity index (χ3v) is 16.1. The minimum atomic E-state index is 0.644. The fraction of sp³-hybridized carbons (Fsp3) is 0. The fourth-order valence-corrected chi connectivity index (χ4v) is 12.4. The van der Waals surface area contributed by atoms with E-state index in [-0.39, 0.29) is 0 Å². The van der Waals surface area contributed by atoms with Gasteiger partial charge in [-0.2, -0.15) is 0 Å². The van der Waals surface area contributed by atoms with E-state index in [1.165, 1.54) is 64.6 Å². The van der Waals surface area contributed by atoms with Crippen molar-refractivity contribution >= 4 is 97.1 Å². The molecule has 0 bridgehead atoms. The third-order valence-electron chi connectivity index (χ3n) is 16.1. The molecule has 0 radical (unpaired) electrons. The molecule has 16 aromatic rings. The van der Waals surface area contributed by atoms with Gasteiger partial charge in [0, 0.05) is 56.4 Å². The second-order valence-electron chi connectivity index (χ2n) is 20.4. The van der Waals surface area contributed by atoms with Gasteiger partial charge in [0.25, 0.3) is 0 Å². The summed E-state index contributed by atoms with van der Waals surface area (Å²) in [6.07, 6.45) is 3.79. The fourth-order valence-electron chi connectivity index (χ4n) is 12.4. The maximum atomic E-state index is 5.67. The van der Waals surface area contributed by atoms with Crippen molar-refractivity contribution in [2.75, 3.05) is 0 Å². The van der Waals surface area contributed by atoms with Crippen molar-refractivity contribution in [3.05, 3.63) is 267 Å². The SMILES string of the molecule is c1ccc2c(-c3ccc(-c4nc(-c5ccc(-c6nccc7ccccc67)cc5)c5cc(-c6ccc7c8ccccc8c8ccccc8c7c6)cc(-c6ccc7c8ccccc8c8ccccc8c7c6)c5n4)cc3)nccc2c1. The molecule has 0 saturated carbocycles. The largest absolute Gasteiger partial charge is 0.256 e. The van der Waals surface area contributed by atoms with Crippen LogP contribution in [0.4, 0.5) is 0 Å². The molecule has 0 unspecified atom stereocenters. The van der Waals surface area contributed by atoms with E-state index >= 15 is 0 Å². The van der Waals surface area contributed by atoms with Crippen LogP contribution in [0, 0.1) is 0 Å². The van der Waals surface area contributed by atoms with Gasteiger partial charge in [0.15, 0.2) is 5.82 Å². The Morgan fingerprint density at radius 1 is 0.205 bits per heavy atom. The number of rotatable bonds is 6. The second-order valence-corrected chi connectivity index (χ2v) is 20.4. The van der Waals surface area contributed by atoms with Crippen molar-refractivity contribution in [1.82, 2.24) is 19.9 Å². The molecule has 3 aromatic heterocycles. The lowest BCUT2D eigenvalue weighted by Crippen LogP contribution is -1.98. The van der Waals surface area contributed by atoms with Crippen LogP contribution in [0.15, 0.2) is 267 Å². The average Bonchev–Trinajstić information content (AvgIpc) is 3.62. The number of hydrogen-bond donors (Lipinski definition) is 0. The summed E-state index contributed by atoms with van der Waals surface area (Å²) in [5, 5.41) is 20.3. The zero-order chi connectivity index (χ0) is 51.3. The van der Waals surface area contributed by atoms with E-state index in [1.807, 2.05) is 12.4 Å². The molecule has 0 saturated heterocycles. The standard InChI is InChI=1S/C74H44N4/c1-3-15-54-45(13-1)37-39-75-70(54)47-25-27-49(28-26-47)72-69-44-53(51-33-35-64-60-21-7-5-17-56(60)58-19-9-11-23-62(58)67(64)41-51)43-66(52-34-36-65-61-22-8-6-18-57(61)59-20-10-12-24-63(59)68(65)42-52)73(69)78-74(77-72)50-31-29-48(30-32-50)71-55-16-4-2-14-46(55)38-40-76-71/h1-44H. The number of pyridine rings is 2. The molecule has 0 aliphatic carbocycles. The van der Waals surface area contributed by atoms with Crippen molar-refractivity contribution in [1.29, 1.82) is 0 Å². The molecule has 0 aliphatic rings. The molecule has 0 amide bonds. The summed E-state index contributed by atoms with van der Waals surface area (Å²) in [7, 11) is 0. The minimum absolute atomic E-state index is 0.644. The molecular weight excluding hydrogens is 945 g/mol. The Bertz CT molecular complexity index is 5060. The van der Waals surface area contributed by atoms with Crippen molar-refractivity contribution in [3.63, 3.8) is 0 Å². The molecule has 0 atom stereocenters. The van der Waals surface area contributed by atoms with Gasteiger partial charge in [-0.25, -0.2) is 9.97 Å². The normalized spacial score (nSPS) is 11.8. The molecule has 0 spiro atoms. The van der Waals surface area contributed by atoms with Crippen LogP contribution in [0.3, 0.4) is 0 Å². The maximum Gasteiger partial charge on any atom is 0.160 e. The summed E-state index contributed by atoms with van der Waals surface area (Å²) < 4.78 is 0. The summed E-state index contributed by atoms with van der Waals surface area (Å²) in [6.45, 7) is 0. The molecule has 0 aliphatic heterocycles. The van der Waals surface area contributed by atoms with E-state index in [1.54, 1.807) is 0 Å².